The number of carbonyl (C=O) groups excluding carboxylic acids is 1. The lowest BCUT2D eigenvalue weighted by Crippen LogP contribution is -2.52. The predicted octanol–water partition coefficient (Wildman–Crippen LogP) is 3.54. The molecule has 3 N–H and O–H groups in total. The molecule has 0 bridgehead atoms. The normalized spacial score (nSPS) is 13.6. The third-order valence-corrected chi connectivity index (χ3v) is 3.68. The lowest BCUT2D eigenvalue weighted by atomic mass is 10.1. The van der Waals surface area contributed by atoms with Crippen molar-refractivity contribution in [1.82, 2.24) is 5.32 Å². The van der Waals surface area contributed by atoms with Crippen molar-refractivity contribution in [2.75, 3.05) is 25.2 Å². The van der Waals surface area contributed by atoms with Gasteiger partial charge in [-0.1, -0.05) is 18.5 Å². The van der Waals surface area contributed by atoms with Crippen LogP contribution in [-0.4, -0.2) is 42.6 Å². The molecule has 0 aliphatic carbocycles. The summed E-state index contributed by atoms with van der Waals surface area (Å²) >= 11 is 7.38. The standard InChI is InChI=1S/C12H13ClF3NO2S.C2H7N/c1-3-20-7-4-5-9(8(13)6-7)17-10(18)11(2,19)12(14,15)16;1-3-2/h4-6,19H,3H2,1-2H3,(H,17,18);3H,1-2H3. The van der Waals surface area contributed by atoms with E-state index in [0.29, 0.717) is 6.92 Å². The summed E-state index contributed by atoms with van der Waals surface area (Å²) in [5.74, 6) is -0.770. The average Bonchev–Trinajstić information content (AvgIpc) is 2.41. The largest absolute Gasteiger partial charge is 0.426 e. The van der Waals surface area contributed by atoms with E-state index in [0.717, 1.165) is 10.6 Å². The van der Waals surface area contributed by atoms with Crippen molar-refractivity contribution in [3.05, 3.63) is 23.2 Å². The summed E-state index contributed by atoms with van der Waals surface area (Å²) in [6.07, 6.45) is -5.07. The Morgan fingerprint density at radius 1 is 1.35 bits per heavy atom. The fraction of sp³-hybridized carbons (Fsp3) is 0.500. The fourth-order valence-electron chi connectivity index (χ4n) is 1.23. The summed E-state index contributed by atoms with van der Waals surface area (Å²) in [5.41, 5.74) is -3.46. The van der Waals surface area contributed by atoms with E-state index in [4.69, 9.17) is 11.6 Å². The number of hydrogen-bond acceptors (Lipinski definition) is 4. The molecule has 0 heterocycles. The number of amides is 1. The Balaban J connectivity index is 0.00000149. The van der Waals surface area contributed by atoms with Gasteiger partial charge in [-0.3, -0.25) is 4.79 Å². The Kier molecular flexibility index (Phi) is 8.97. The molecule has 1 unspecified atom stereocenters. The molecule has 0 saturated heterocycles. The molecular weight excluding hydrogens is 353 g/mol. The van der Waals surface area contributed by atoms with Crippen molar-refractivity contribution in [2.45, 2.75) is 30.5 Å². The van der Waals surface area contributed by atoms with E-state index >= 15 is 0 Å². The van der Waals surface area contributed by atoms with E-state index in [1.54, 1.807) is 6.07 Å². The summed E-state index contributed by atoms with van der Waals surface area (Å²) in [7, 11) is 3.75. The van der Waals surface area contributed by atoms with Crippen molar-refractivity contribution < 1.29 is 23.1 Å². The van der Waals surface area contributed by atoms with Gasteiger partial charge in [0.1, 0.15) is 0 Å². The van der Waals surface area contributed by atoms with Crippen LogP contribution in [0.25, 0.3) is 0 Å². The second-order valence-corrected chi connectivity index (χ2v) is 6.34. The minimum atomic E-state index is -5.07. The van der Waals surface area contributed by atoms with Crippen LogP contribution in [0.15, 0.2) is 23.1 Å². The minimum absolute atomic E-state index is 0.0154. The number of nitrogens with one attached hydrogen (secondary N) is 2. The SMILES string of the molecule is CCSc1ccc(NC(=O)C(C)(O)C(F)(F)F)c(Cl)c1.CNC. The highest BCUT2D eigenvalue weighted by molar-refractivity contribution is 7.99. The van der Waals surface area contributed by atoms with Crippen LogP contribution in [0.3, 0.4) is 0 Å². The Hall–Kier alpha value is -0.960. The van der Waals surface area contributed by atoms with E-state index in [9.17, 15) is 23.1 Å². The van der Waals surface area contributed by atoms with Gasteiger partial charge >= 0.3 is 6.18 Å². The van der Waals surface area contributed by atoms with Crippen LogP contribution in [0.4, 0.5) is 18.9 Å². The minimum Gasteiger partial charge on any atom is -0.373 e. The first-order valence-electron chi connectivity index (χ1n) is 6.62. The maximum absolute atomic E-state index is 12.5. The molecule has 0 radical (unpaired) electrons. The van der Waals surface area contributed by atoms with Crippen LogP contribution < -0.4 is 10.6 Å². The van der Waals surface area contributed by atoms with Gasteiger partial charge in [0, 0.05) is 4.90 Å². The van der Waals surface area contributed by atoms with Crippen LogP contribution >= 0.6 is 23.4 Å². The molecule has 1 amide bonds. The summed E-state index contributed by atoms with van der Waals surface area (Å²) in [5, 5.41) is 14.1. The van der Waals surface area contributed by atoms with E-state index < -0.39 is 17.7 Å². The first-order chi connectivity index (χ1) is 10.5. The number of hydrogen-bond donors (Lipinski definition) is 3. The number of halogens is 4. The monoisotopic (exact) mass is 372 g/mol. The molecule has 0 aliphatic heterocycles. The van der Waals surface area contributed by atoms with Crippen molar-refractivity contribution >= 4 is 35.0 Å². The summed E-state index contributed by atoms with van der Waals surface area (Å²) in [6.45, 7) is 2.33. The summed E-state index contributed by atoms with van der Waals surface area (Å²) < 4.78 is 37.5. The number of anilines is 1. The molecule has 1 aromatic rings. The van der Waals surface area contributed by atoms with Gasteiger partial charge < -0.3 is 15.7 Å². The van der Waals surface area contributed by atoms with Crippen LogP contribution in [0.5, 0.6) is 0 Å². The Morgan fingerprint density at radius 2 is 1.87 bits per heavy atom. The van der Waals surface area contributed by atoms with Crippen LogP contribution in [0.1, 0.15) is 13.8 Å². The highest BCUT2D eigenvalue weighted by Gasteiger charge is 2.55. The zero-order valence-corrected chi connectivity index (χ0v) is 14.8. The molecule has 132 valence electrons. The van der Waals surface area contributed by atoms with Crippen molar-refractivity contribution in [3.63, 3.8) is 0 Å². The Bertz CT molecular complexity index is 525. The van der Waals surface area contributed by atoms with Crippen LogP contribution in [0.2, 0.25) is 5.02 Å². The predicted molar refractivity (Wildman–Crippen MR) is 88.1 cm³/mol. The van der Waals surface area contributed by atoms with Crippen molar-refractivity contribution in [3.8, 4) is 0 Å². The number of carbonyl (C=O) groups is 1. The van der Waals surface area contributed by atoms with Gasteiger partial charge in [-0.2, -0.15) is 13.2 Å². The van der Waals surface area contributed by atoms with E-state index in [1.807, 2.05) is 26.3 Å². The third-order valence-electron chi connectivity index (χ3n) is 2.49. The molecule has 23 heavy (non-hydrogen) atoms. The Morgan fingerprint density at radius 3 is 2.26 bits per heavy atom. The van der Waals surface area contributed by atoms with E-state index in [2.05, 4.69) is 5.32 Å². The molecule has 0 aromatic heterocycles. The first-order valence-corrected chi connectivity index (χ1v) is 7.99. The summed E-state index contributed by atoms with van der Waals surface area (Å²) in [4.78, 5) is 12.3. The quantitative estimate of drug-likeness (QED) is 0.707. The lowest BCUT2D eigenvalue weighted by molar-refractivity contribution is -0.242. The van der Waals surface area contributed by atoms with Gasteiger partial charge in [-0.15, -0.1) is 11.8 Å². The van der Waals surface area contributed by atoms with Gasteiger partial charge in [-0.25, -0.2) is 0 Å². The molecular formula is C14H20ClF3N2O2S. The van der Waals surface area contributed by atoms with Crippen molar-refractivity contribution in [2.24, 2.45) is 0 Å². The number of alkyl halides is 3. The van der Waals surface area contributed by atoms with Crippen LogP contribution in [0, 0.1) is 0 Å². The number of aliphatic hydroxyl groups is 1. The number of benzene rings is 1. The molecule has 0 aliphatic rings. The second-order valence-electron chi connectivity index (χ2n) is 4.60. The topological polar surface area (TPSA) is 61.4 Å². The van der Waals surface area contributed by atoms with E-state index in [1.165, 1.54) is 23.9 Å². The second kappa shape index (κ2) is 9.36. The first kappa shape index (κ1) is 22.0. The molecule has 9 heteroatoms. The maximum atomic E-state index is 12.5. The fourth-order valence-corrected chi connectivity index (χ4v) is 2.22. The zero-order valence-electron chi connectivity index (χ0n) is 13.2. The average molecular weight is 373 g/mol. The highest BCUT2D eigenvalue weighted by Crippen LogP contribution is 2.33. The van der Waals surface area contributed by atoms with Gasteiger partial charge in [0.05, 0.1) is 10.7 Å². The molecule has 1 atom stereocenters. The smallest absolute Gasteiger partial charge is 0.373 e. The van der Waals surface area contributed by atoms with Gasteiger partial charge in [-0.05, 0) is 45.0 Å². The Labute approximate surface area is 142 Å². The van der Waals surface area contributed by atoms with E-state index in [-0.39, 0.29) is 10.7 Å². The van der Waals surface area contributed by atoms with Gasteiger partial charge in [0.25, 0.3) is 5.91 Å². The number of thioether (sulfide) groups is 1. The molecule has 0 fully saturated rings. The van der Waals surface area contributed by atoms with Crippen LogP contribution in [-0.2, 0) is 4.79 Å². The zero-order chi connectivity index (χ0) is 18.3. The highest BCUT2D eigenvalue weighted by atomic mass is 35.5. The molecule has 1 rings (SSSR count). The summed E-state index contributed by atoms with van der Waals surface area (Å²) in [6, 6.07) is 4.55. The molecule has 0 saturated carbocycles. The van der Waals surface area contributed by atoms with Crippen molar-refractivity contribution in [1.29, 1.82) is 0 Å². The van der Waals surface area contributed by atoms with Gasteiger partial charge in [0.15, 0.2) is 0 Å². The third kappa shape index (κ3) is 6.58. The molecule has 4 nitrogen and oxygen atoms in total. The lowest BCUT2D eigenvalue weighted by Gasteiger charge is -2.25. The molecule has 1 aromatic carbocycles. The maximum Gasteiger partial charge on any atom is 0.426 e. The number of rotatable bonds is 4. The molecule has 0 spiro atoms. The van der Waals surface area contributed by atoms with Gasteiger partial charge in [0.2, 0.25) is 5.60 Å².